The molecule has 1 aliphatic carbocycles. The lowest BCUT2D eigenvalue weighted by atomic mass is 10.2. The minimum Gasteiger partial charge on any atom is -0.383 e. The molecular weight excluding hydrogens is 212 g/mol. The molecule has 0 aliphatic heterocycles. The maximum Gasteiger partial charge on any atom is 0.137 e. The van der Waals surface area contributed by atoms with E-state index in [1.165, 1.54) is 25.7 Å². The topological polar surface area (TPSA) is 55.0 Å². The van der Waals surface area contributed by atoms with E-state index in [-0.39, 0.29) is 0 Å². The van der Waals surface area contributed by atoms with Crippen molar-refractivity contribution in [2.24, 2.45) is 0 Å². The van der Waals surface area contributed by atoms with E-state index in [1.54, 1.807) is 0 Å². The normalized spacial score (nSPS) is 16.4. The molecule has 1 saturated carbocycles. The van der Waals surface area contributed by atoms with E-state index in [4.69, 9.17) is 5.73 Å². The Kier molecular flexibility index (Phi) is 3.50. The zero-order valence-electron chi connectivity index (χ0n) is 11.0. The smallest absolute Gasteiger partial charge is 0.137 e. The monoisotopic (exact) mass is 234 g/mol. The van der Waals surface area contributed by atoms with Crippen molar-refractivity contribution >= 4 is 11.6 Å². The fraction of sp³-hybridized carbons (Fsp3) is 0.692. The third-order valence-electron chi connectivity index (χ3n) is 3.73. The summed E-state index contributed by atoms with van der Waals surface area (Å²) in [4.78, 5) is 11.2. The second-order valence-electron chi connectivity index (χ2n) is 4.88. The number of hydrogen-bond donors (Lipinski definition) is 1. The molecule has 0 spiro atoms. The molecule has 17 heavy (non-hydrogen) atoms. The number of nitrogens with zero attached hydrogens (tertiary/aromatic N) is 3. The molecule has 1 heterocycles. The second kappa shape index (κ2) is 4.90. The van der Waals surface area contributed by atoms with Crippen LogP contribution in [0.2, 0.25) is 0 Å². The van der Waals surface area contributed by atoms with Crippen LogP contribution in [0.15, 0.2) is 0 Å². The molecule has 1 aliphatic rings. The Morgan fingerprint density at radius 2 is 1.94 bits per heavy atom. The van der Waals surface area contributed by atoms with Crippen LogP contribution in [0.5, 0.6) is 0 Å². The number of aryl methyl sites for hydroxylation is 1. The summed E-state index contributed by atoms with van der Waals surface area (Å²) in [5.41, 5.74) is 6.97. The Morgan fingerprint density at radius 3 is 2.53 bits per heavy atom. The van der Waals surface area contributed by atoms with Gasteiger partial charge in [0, 0.05) is 25.1 Å². The molecule has 2 N–H and O–H groups in total. The standard InChI is InChI=1S/C13H22N4/c1-4-11-15-12(14)9(2)13(16-11)17(3)10-7-5-6-8-10/h10H,4-8H2,1-3H3,(H2,14,15,16). The van der Waals surface area contributed by atoms with Gasteiger partial charge in [-0.15, -0.1) is 0 Å². The summed E-state index contributed by atoms with van der Waals surface area (Å²) in [6, 6.07) is 0.618. The first-order chi connectivity index (χ1) is 8.13. The van der Waals surface area contributed by atoms with E-state index >= 15 is 0 Å². The fourth-order valence-electron chi connectivity index (χ4n) is 2.53. The Balaban J connectivity index is 2.32. The molecule has 1 aromatic rings. The minimum absolute atomic E-state index is 0.618. The minimum atomic E-state index is 0.618. The van der Waals surface area contributed by atoms with Crippen molar-refractivity contribution in [3.63, 3.8) is 0 Å². The van der Waals surface area contributed by atoms with Gasteiger partial charge in [-0.25, -0.2) is 9.97 Å². The van der Waals surface area contributed by atoms with Crippen LogP contribution in [0.25, 0.3) is 0 Å². The molecule has 94 valence electrons. The molecular formula is C13H22N4. The molecule has 0 radical (unpaired) electrons. The van der Waals surface area contributed by atoms with Crippen molar-refractivity contribution in [2.45, 2.75) is 52.0 Å². The number of hydrogen-bond acceptors (Lipinski definition) is 4. The van der Waals surface area contributed by atoms with E-state index in [0.717, 1.165) is 23.6 Å². The first kappa shape index (κ1) is 12.1. The number of nitrogen functional groups attached to an aromatic ring is 1. The quantitative estimate of drug-likeness (QED) is 0.872. The lowest BCUT2D eigenvalue weighted by Gasteiger charge is -2.27. The molecule has 0 amide bonds. The maximum atomic E-state index is 5.96. The van der Waals surface area contributed by atoms with Crippen molar-refractivity contribution in [2.75, 3.05) is 17.7 Å². The van der Waals surface area contributed by atoms with Gasteiger partial charge in [0.15, 0.2) is 0 Å². The third-order valence-corrected chi connectivity index (χ3v) is 3.73. The van der Waals surface area contributed by atoms with Gasteiger partial charge in [0.05, 0.1) is 0 Å². The van der Waals surface area contributed by atoms with Gasteiger partial charge in [-0.3, -0.25) is 0 Å². The van der Waals surface area contributed by atoms with Crippen LogP contribution in [-0.4, -0.2) is 23.1 Å². The predicted molar refractivity (Wildman–Crippen MR) is 71.2 cm³/mol. The number of aromatic nitrogens is 2. The van der Waals surface area contributed by atoms with Crippen LogP contribution < -0.4 is 10.6 Å². The highest BCUT2D eigenvalue weighted by Gasteiger charge is 2.23. The van der Waals surface area contributed by atoms with Crippen LogP contribution in [0.1, 0.15) is 44.0 Å². The summed E-state index contributed by atoms with van der Waals surface area (Å²) in [7, 11) is 2.13. The van der Waals surface area contributed by atoms with E-state index in [2.05, 4.69) is 28.8 Å². The Morgan fingerprint density at radius 1 is 1.29 bits per heavy atom. The van der Waals surface area contributed by atoms with Crippen molar-refractivity contribution in [1.82, 2.24) is 9.97 Å². The van der Waals surface area contributed by atoms with Gasteiger partial charge in [-0.05, 0) is 19.8 Å². The Hall–Kier alpha value is -1.32. The average molecular weight is 234 g/mol. The van der Waals surface area contributed by atoms with Gasteiger partial charge in [0.1, 0.15) is 17.5 Å². The summed E-state index contributed by atoms with van der Waals surface area (Å²) in [5.74, 6) is 2.48. The highest BCUT2D eigenvalue weighted by molar-refractivity contribution is 5.56. The predicted octanol–water partition coefficient (Wildman–Crippen LogP) is 2.31. The van der Waals surface area contributed by atoms with E-state index in [9.17, 15) is 0 Å². The molecule has 0 aromatic carbocycles. The van der Waals surface area contributed by atoms with Gasteiger partial charge in [0.25, 0.3) is 0 Å². The van der Waals surface area contributed by atoms with Crippen LogP contribution >= 0.6 is 0 Å². The summed E-state index contributed by atoms with van der Waals surface area (Å²) >= 11 is 0. The lowest BCUT2D eigenvalue weighted by Crippen LogP contribution is -2.31. The molecule has 4 heteroatoms. The SMILES string of the molecule is CCc1nc(N)c(C)c(N(C)C2CCCC2)n1. The maximum absolute atomic E-state index is 5.96. The van der Waals surface area contributed by atoms with Crippen LogP contribution in [0.3, 0.4) is 0 Å². The highest BCUT2D eigenvalue weighted by atomic mass is 15.2. The van der Waals surface area contributed by atoms with Crippen molar-refractivity contribution in [1.29, 1.82) is 0 Å². The molecule has 0 atom stereocenters. The highest BCUT2D eigenvalue weighted by Crippen LogP contribution is 2.29. The zero-order valence-corrected chi connectivity index (χ0v) is 11.0. The second-order valence-corrected chi connectivity index (χ2v) is 4.88. The van der Waals surface area contributed by atoms with Gasteiger partial charge < -0.3 is 10.6 Å². The number of rotatable bonds is 3. The summed E-state index contributed by atoms with van der Waals surface area (Å²) in [5, 5.41) is 0. The van der Waals surface area contributed by atoms with Crippen molar-refractivity contribution < 1.29 is 0 Å². The molecule has 1 aromatic heterocycles. The molecule has 0 unspecified atom stereocenters. The Bertz CT molecular complexity index is 397. The van der Waals surface area contributed by atoms with Gasteiger partial charge in [-0.2, -0.15) is 0 Å². The average Bonchev–Trinajstić information content (AvgIpc) is 2.85. The van der Waals surface area contributed by atoms with Crippen LogP contribution in [0, 0.1) is 6.92 Å². The fourth-order valence-corrected chi connectivity index (χ4v) is 2.53. The summed E-state index contributed by atoms with van der Waals surface area (Å²) < 4.78 is 0. The van der Waals surface area contributed by atoms with Crippen molar-refractivity contribution in [3.8, 4) is 0 Å². The van der Waals surface area contributed by atoms with Gasteiger partial charge >= 0.3 is 0 Å². The van der Waals surface area contributed by atoms with Crippen LogP contribution in [-0.2, 0) is 6.42 Å². The van der Waals surface area contributed by atoms with Crippen LogP contribution in [0.4, 0.5) is 11.6 Å². The van der Waals surface area contributed by atoms with E-state index in [1.807, 2.05) is 6.92 Å². The third kappa shape index (κ3) is 2.35. The van der Waals surface area contributed by atoms with E-state index < -0.39 is 0 Å². The van der Waals surface area contributed by atoms with Gasteiger partial charge in [0.2, 0.25) is 0 Å². The molecule has 0 bridgehead atoms. The molecule has 4 nitrogen and oxygen atoms in total. The molecule has 1 fully saturated rings. The first-order valence-corrected chi connectivity index (χ1v) is 6.49. The molecule has 2 rings (SSSR count). The lowest BCUT2D eigenvalue weighted by molar-refractivity contribution is 0.642. The Labute approximate surface area is 103 Å². The summed E-state index contributed by atoms with van der Waals surface area (Å²) in [6.45, 7) is 4.07. The number of nitrogens with two attached hydrogens (primary N) is 1. The summed E-state index contributed by atoms with van der Waals surface area (Å²) in [6.07, 6.45) is 6.02. The first-order valence-electron chi connectivity index (χ1n) is 6.49. The molecule has 0 saturated heterocycles. The van der Waals surface area contributed by atoms with E-state index in [0.29, 0.717) is 11.9 Å². The zero-order chi connectivity index (χ0) is 12.4. The van der Waals surface area contributed by atoms with Gasteiger partial charge in [-0.1, -0.05) is 19.8 Å². The number of anilines is 2. The largest absolute Gasteiger partial charge is 0.383 e. The van der Waals surface area contributed by atoms with Crippen molar-refractivity contribution in [3.05, 3.63) is 11.4 Å².